The SMILES string of the molecule is C#N.Cc1ccc(N2CCC(Oc3ccc4cc(C(=O)NC5CCN(Cc6ccccc6)CC5)sc4c3)CC2)cc1. The number of aryl methyl sites for hydroxylation is 1. The van der Waals surface area contributed by atoms with E-state index in [1.165, 1.54) is 16.8 Å². The van der Waals surface area contributed by atoms with Gasteiger partial charge in [0.1, 0.15) is 11.9 Å². The molecule has 3 aromatic carbocycles. The van der Waals surface area contributed by atoms with Crippen LogP contribution in [0.5, 0.6) is 5.75 Å². The van der Waals surface area contributed by atoms with Crippen LogP contribution in [0, 0.1) is 18.8 Å². The van der Waals surface area contributed by atoms with Crippen molar-refractivity contribution in [1.82, 2.24) is 10.2 Å². The number of hydrogen-bond donors (Lipinski definition) is 1. The van der Waals surface area contributed by atoms with E-state index in [0.29, 0.717) is 0 Å². The van der Waals surface area contributed by atoms with Gasteiger partial charge in [-0.3, -0.25) is 9.69 Å². The smallest absolute Gasteiger partial charge is 0.261 e. The molecule has 2 saturated heterocycles. The molecule has 1 N–H and O–H groups in total. The molecule has 41 heavy (non-hydrogen) atoms. The quantitative estimate of drug-likeness (QED) is 0.267. The first-order valence-electron chi connectivity index (χ1n) is 14.4. The normalized spacial score (nSPS) is 16.6. The van der Waals surface area contributed by atoms with Gasteiger partial charge in [0.2, 0.25) is 0 Å². The maximum atomic E-state index is 13.1. The molecule has 0 aliphatic carbocycles. The Morgan fingerprint density at radius 2 is 1.63 bits per heavy atom. The second kappa shape index (κ2) is 13.7. The van der Waals surface area contributed by atoms with E-state index in [-0.39, 0.29) is 18.1 Å². The van der Waals surface area contributed by atoms with Crippen LogP contribution in [0.3, 0.4) is 0 Å². The summed E-state index contributed by atoms with van der Waals surface area (Å²) in [6.45, 7) is 10.6. The van der Waals surface area contributed by atoms with Crippen LogP contribution < -0.4 is 15.0 Å². The number of ether oxygens (including phenoxy) is 1. The van der Waals surface area contributed by atoms with Gasteiger partial charge >= 0.3 is 0 Å². The van der Waals surface area contributed by atoms with E-state index in [2.05, 4.69) is 95.3 Å². The molecule has 6 nitrogen and oxygen atoms in total. The lowest BCUT2D eigenvalue weighted by atomic mass is 10.0. The predicted molar refractivity (Wildman–Crippen MR) is 168 cm³/mol. The van der Waals surface area contributed by atoms with Gasteiger partial charge in [-0.25, -0.2) is 5.26 Å². The molecule has 0 saturated carbocycles. The number of amides is 1. The van der Waals surface area contributed by atoms with Crippen molar-refractivity contribution in [2.75, 3.05) is 31.1 Å². The average molecular weight is 567 g/mol. The van der Waals surface area contributed by atoms with Gasteiger partial charge in [0.05, 0.1) is 4.88 Å². The molecule has 2 aliphatic rings. The first kappa shape index (κ1) is 28.7. The Morgan fingerprint density at radius 1 is 0.927 bits per heavy atom. The Morgan fingerprint density at radius 3 is 2.34 bits per heavy atom. The first-order chi connectivity index (χ1) is 20.1. The van der Waals surface area contributed by atoms with Crippen molar-refractivity contribution in [2.24, 2.45) is 0 Å². The van der Waals surface area contributed by atoms with E-state index < -0.39 is 0 Å². The monoisotopic (exact) mass is 566 g/mol. The van der Waals surface area contributed by atoms with Gasteiger partial charge in [-0.15, -0.1) is 11.3 Å². The molecular formula is C34H38N4O2S. The van der Waals surface area contributed by atoms with Crippen molar-refractivity contribution in [1.29, 1.82) is 5.26 Å². The van der Waals surface area contributed by atoms with Gasteiger partial charge in [-0.2, -0.15) is 0 Å². The summed E-state index contributed by atoms with van der Waals surface area (Å²) >= 11 is 1.56. The molecule has 3 heterocycles. The number of likely N-dealkylation sites (tertiary alicyclic amines) is 1. The van der Waals surface area contributed by atoms with Crippen molar-refractivity contribution in [3.63, 3.8) is 0 Å². The molecule has 212 valence electrons. The number of piperidine rings is 2. The zero-order valence-electron chi connectivity index (χ0n) is 23.7. The van der Waals surface area contributed by atoms with Gasteiger partial charge < -0.3 is 15.0 Å². The Bertz CT molecular complexity index is 1430. The third-order valence-electron chi connectivity index (χ3n) is 8.03. The summed E-state index contributed by atoms with van der Waals surface area (Å²) in [4.78, 5) is 18.8. The third-order valence-corrected chi connectivity index (χ3v) is 9.13. The van der Waals surface area contributed by atoms with Crippen molar-refractivity contribution in [3.05, 3.63) is 94.9 Å². The molecule has 4 aromatic rings. The maximum absolute atomic E-state index is 13.1. The van der Waals surface area contributed by atoms with Gasteiger partial charge in [0.25, 0.3) is 5.91 Å². The highest BCUT2D eigenvalue weighted by Gasteiger charge is 2.23. The molecule has 0 bridgehead atoms. The minimum atomic E-state index is 0.0451. The first-order valence-corrected chi connectivity index (χ1v) is 15.3. The average Bonchev–Trinajstić information content (AvgIpc) is 3.44. The molecule has 1 amide bonds. The molecule has 6 rings (SSSR count). The zero-order chi connectivity index (χ0) is 28.6. The summed E-state index contributed by atoms with van der Waals surface area (Å²) in [5, 5.41) is 10.9. The summed E-state index contributed by atoms with van der Waals surface area (Å²) in [5.41, 5.74) is 3.94. The topological polar surface area (TPSA) is 68.6 Å². The van der Waals surface area contributed by atoms with Crippen LogP contribution >= 0.6 is 11.3 Å². The highest BCUT2D eigenvalue weighted by Crippen LogP contribution is 2.31. The maximum Gasteiger partial charge on any atom is 0.261 e. The van der Waals surface area contributed by atoms with Crippen LogP contribution in [-0.4, -0.2) is 49.1 Å². The lowest BCUT2D eigenvalue weighted by molar-refractivity contribution is 0.0913. The van der Waals surface area contributed by atoms with Crippen LogP contribution in [0.1, 0.15) is 46.5 Å². The standard InChI is InChI=1S/C33H37N3O2S.CHN/c1-24-7-10-28(11-8-24)36-19-15-29(16-20-36)38-30-12-9-26-21-32(39-31(26)22-30)33(37)34-27-13-17-35(18-14-27)23-25-5-3-2-4-6-25;1-2/h2-12,21-22,27,29H,13-20,23H2,1H3,(H,34,37);1H. The van der Waals surface area contributed by atoms with E-state index in [1.807, 2.05) is 12.1 Å². The predicted octanol–water partition coefficient (Wildman–Crippen LogP) is 6.79. The van der Waals surface area contributed by atoms with Crippen molar-refractivity contribution >= 4 is 33.0 Å². The molecular weight excluding hydrogens is 528 g/mol. The highest BCUT2D eigenvalue weighted by molar-refractivity contribution is 7.20. The fourth-order valence-electron chi connectivity index (χ4n) is 5.71. The highest BCUT2D eigenvalue weighted by atomic mass is 32.1. The van der Waals surface area contributed by atoms with E-state index in [9.17, 15) is 4.79 Å². The van der Waals surface area contributed by atoms with Crippen LogP contribution in [-0.2, 0) is 6.54 Å². The van der Waals surface area contributed by atoms with Gasteiger partial charge in [0.15, 0.2) is 0 Å². The molecule has 7 heteroatoms. The van der Waals surface area contributed by atoms with Crippen LogP contribution in [0.15, 0.2) is 78.9 Å². The van der Waals surface area contributed by atoms with Gasteiger partial charge in [-0.05, 0) is 67.1 Å². The fraction of sp³-hybridized carbons (Fsp3) is 0.353. The number of carbonyl (C=O) groups is 1. The Kier molecular flexibility index (Phi) is 9.55. The van der Waals surface area contributed by atoms with E-state index >= 15 is 0 Å². The van der Waals surface area contributed by atoms with Crippen LogP contribution in [0.4, 0.5) is 5.69 Å². The molecule has 2 aliphatic heterocycles. The fourth-order valence-corrected chi connectivity index (χ4v) is 6.70. The van der Waals surface area contributed by atoms with Gasteiger partial charge in [-0.1, -0.05) is 48.0 Å². The minimum absolute atomic E-state index is 0.0451. The summed E-state index contributed by atoms with van der Waals surface area (Å²) in [6.07, 6.45) is 4.22. The van der Waals surface area contributed by atoms with E-state index in [4.69, 9.17) is 10.00 Å². The zero-order valence-corrected chi connectivity index (χ0v) is 24.5. The molecule has 0 spiro atoms. The molecule has 0 atom stereocenters. The number of fused-ring (bicyclic) bond motifs is 1. The Labute approximate surface area is 247 Å². The van der Waals surface area contributed by atoms with Crippen LogP contribution in [0.2, 0.25) is 0 Å². The van der Waals surface area contributed by atoms with Crippen molar-refractivity contribution in [2.45, 2.75) is 51.3 Å². The summed E-state index contributed by atoms with van der Waals surface area (Å²) in [6, 6.07) is 27.9. The Hall–Kier alpha value is -3.86. The number of anilines is 1. The number of nitrogens with one attached hydrogen (secondary N) is 1. The van der Waals surface area contributed by atoms with E-state index in [1.54, 1.807) is 11.3 Å². The van der Waals surface area contributed by atoms with Gasteiger partial charge in [0, 0.05) is 68.6 Å². The largest absolute Gasteiger partial charge is 0.490 e. The molecule has 2 fully saturated rings. The number of nitriles is 1. The second-order valence-electron chi connectivity index (χ2n) is 11.0. The summed E-state index contributed by atoms with van der Waals surface area (Å²) in [7, 11) is 0. The Balaban J connectivity index is 0.00000165. The van der Waals surface area contributed by atoms with Crippen molar-refractivity contribution < 1.29 is 9.53 Å². The second-order valence-corrected chi connectivity index (χ2v) is 12.0. The lowest BCUT2D eigenvalue weighted by Gasteiger charge is -2.33. The van der Waals surface area contributed by atoms with Crippen LogP contribution in [0.25, 0.3) is 10.1 Å². The lowest BCUT2D eigenvalue weighted by Crippen LogP contribution is -2.44. The van der Waals surface area contributed by atoms with E-state index in [0.717, 1.165) is 79.1 Å². The molecule has 1 aromatic heterocycles. The van der Waals surface area contributed by atoms with Crippen molar-refractivity contribution in [3.8, 4) is 12.3 Å². The third kappa shape index (κ3) is 7.46. The number of thiophene rings is 1. The summed E-state index contributed by atoms with van der Waals surface area (Å²) < 4.78 is 7.49. The molecule has 0 unspecified atom stereocenters. The summed E-state index contributed by atoms with van der Waals surface area (Å²) in [5.74, 6) is 0.944. The minimum Gasteiger partial charge on any atom is -0.490 e. The number of carbonyl (C=O) groups excluding carboxylic acids is 1. The number of benzene rings is 3. The number of rotatable bonds is 7. The molecule has 0 radical (unpaired) electrons. The number of hydrogen-bond acceptors (Lipinski definition) is 6. The number of nitrogens with zero attached hydrogens (tertiary/aromatic N) is 3.